The van der Waals surface area contributed by atoms with E-state index < -0.39 is 10.0 Å². The lowest BCUT2D eigenvalue weighted by atomic mass is 10.2. The van der Waals surface area contributed by atoms with Gasteiger partial charge in [0.05, 0.1) is 4.90 Å². The van der Waals surface area contributed by atoms with E-state index in [9.17, 15) is 8.42 Å². The molecule has 30 heavy (non-hydrogen) atoms. The van der Waals surface area contributed by atoms with Gasteiger partial charge in [-0.2, -0.15) is 4.31 Å². The van der Waals surface area contributed by atoms with Crippen LogP contribution in [0, 0.1) is 0 Å². The van der Waals surface area contributed by atoms with Gasteiger partial charge in [0.15, 0.2) is 5.96 Å². The summed E-state index contributed by atoms with van der Waals surface area (Å²) in [6, 6.07) is 11.2. The Labute approximate surface area is 196 Å². The third kappa shape index (κ3) is 6.43. The SMILES string of the molecule is CN=C(NCCn1cccc1)NCc1ccccc1S(=O)(=O)N1CCN(C)CC1.I. The lowest BCUT2D eigenvalue weighted by Gasteiger charge is -2.32. The van der Waals surface area contributed by atoms with Gasteiger partial charge in [-0.05, 0) is 30.8 Å². The highest BCUT2D eigenvalue weighted by molar-refractivity contribution is 14.0. The quantitative estimate of drug-likeness (QED) is 0.312. The summed E-state index contributed by atoms with van der Waals surface area (Å²) in [5.74, 6) is 0.643. The van der Waals surface area contributed by atoms with E-state index in [1.54, 1.807) is 23.5 Å². The zero-order chi connectivity index (χ0) is 20.7. The van der Waals surface area contributed by atoms with Crippen LogP contribution < -0.4 is 10.6 Å². The first-order valence-corrected chi connectivity index (χ1v) is 11.3. The molecule has 0 atom stereocenters. The van der Waals surface area contributed by atoms with Crippen molar-refractivity contribution in [2.24, 2.45) is 4.99 Å². The predicted molar refractivity (Wildman–Crippen MR) is 131 cm³/mol. The van der Waals surface area contributed by atoms with E-state index in [4.69, 9.17) is 0 Å². The molecule has 0 bridgehead atoms. The van der Waals surface area contributed by atoms with Crippen LogP contribution in [-0.2, 0) is 23.1 Å². The first-order chi connectivity index (χ1) is 14.0. The van der Waals surface area contributed by atoms with Crippen molar-refractivity contribution in [3.8, 4) is 0 Å². The van der Waals surface area contributed by atoms with E-state index in [0.717, 1.165) is 31.7 Å². The summed E-state index contributed by atoms with van der Waals surface area (Å²) in [6.07, 6.45) is 4.02. The molecule has 0 saturated carbocycles. The Hall–Kier alpha value is -1.63. The van der Waals surface area contributed by atoms with Gasteiger partial charge >= 0.3 is 0 Å². The van der Waals surface area contributed by atoms with Gasteiger partial charge in [-0.1, -0.05) is 18.2 Å². The van der Waals surface area contributed by atoms with Crippen molar-refractivity contribution >= 4 is 40.0 Å². The van der Waals surface area contributed by atoms with Crippen molar-refractivity contribution in [3.63, 3.8) is 0 Å². The fraction of sp³-hybridized carbons (Fsp3) is 0.450. The van der Waals surface area contributed by atoms with Gasteiger partial charge in [0, 0.05) is 65.3 Å². The molecule has 0 radical (unpaired) electrons. The van der Waals surface area contributed by atoms with Gasteiger partial charge in [-0.25, -0.2) is 8.42 Å². The molecule has 1 aliphatic heterocycles. The molecule has 0 amide bonds. The van der Waals surface area contributed by atoms with Crippen LogP contribution in [0.15, 0.2) is 58.7 Å². The molecule has 1 aromatic heterocycles. The van der Waals surface area contributed by atoms with E-state index in [1.807, 2.05) is 43.7 Å². The molecule has 166 valence electrons. The third-order valence-electron chi connectivity index (χ3n) is 5.05. The van der Waals surface area contributed by atoms with Gasteiger partial charge in [0.2, 0.25) is 10.0 Å². The van der Waals surface area contributed by atoms with Crippen LogP contribution in [0.25, 0.3) is 0 Å². The number of aromatic nitrogens is 1. The molecule has 1 aromatic carbocycles. The molecule has 2 aromatic rings. The monoisotopic (exact) mass is 546 g/mol. The minimum atomic E-state index is -3.51. The van der Waals surface area contributed by atoms with Crippen LogP contribution >= 0.6 is 24.0 Å². The molecule has 2 heterocycles. The third-order valence-corrected chi connectivity index (χ3v) is 7.05. The Morgan fingerprint density at radius 2 is 1.70 bits per heavy atom. The normalized spacial score (nSPS) is 16.1. The van der Waals surface area contributed by atoms with Crippen LogP contribution in [0.2, 0.25) is 0 Å². The summed E-state index contributed by atoms with van der Waals surface area (Å²) >= 11 is 0. The molecule has 8 nitrogen and oxygen atoms in total. The highest BCUT2D eigenvalue weighted by Crippen LogP contribution is 2.21. The first kappa shape index (κ1) is 24.6. The zero-order valence-electron chi connectivity index (χ0n) is 17.5. The lowest BCUT2D eigenvalue weighted by Crippen LogP contribution is -2.47. The summed E-state index contributed by atoms with van der Waals surface area (Å²) in [5.41, 5.74) is 0.736. The summed E-state index contributed by atoms with van der Waals surface area (Å²) in [7, 11) is 0.203. The molecule has 2 N–H and O–H groups in total. The minimum Gasteiger partial charge on any atom is -0.355 e. The van der Waals surface area contributed by atoms with Crippen molar-refractivity contribution in [3.05, 3.63) is 54.4 Å². The zero-order valence-corrected chi connectivity index (χ0v) is 20.6. The largest absolute Gasteiger partial charge is 0.355 e. The second-order valence-electron chi connectivity index (χ2n) is 7.09. The predicted octanol–water partition coefficient (Wildman–Crippen LogP) is 1.41. The maximum absolute atomic E-state index is 13.2. The first-order valence-electron chi connectivity index (χ1n) is 9.82. The molecule has 3 rings (SSSR count). The molecular weight excluding hydrogens is 515 g/mol. The average molecular weight is 546 g/mol. The van der Waals surface area contributed by atoms with Crippen molar-refractivity contribution in [2.45, 2.75) is 18.0 Å². The molecule has 1 fully saturated rings. The Kier molecular flexibility index (Phi) is 9.59. The standard InChI is InChI=1S/C20H30N6O2S.HI/c1-21-20(22-9-12-25-10-5-6-11-25)23-17-18-7-3-4-8-19(18)29(27,28)26-15-13-24(2)14-16-26;/h3-8,10-11H,9,12-17H2,1-2H3,(H2,21,22,23);1H. The summed E-state index contributed by atoms with van der Waals surface area (Å²) in [4.78, 5) is 6.73. The highest BCUT2D eigenvalue weighted by atomic mass is 127. The number of nitrogens with one attached hydrogen (secondary N) is 2. The fourth-order valence-electron chi connectivity index (χ4n) is 3.29. The molecule has 0 aliphatic carbocycles. The smallest absolute Gasteiger partial charge is 0.243 e. The van der Waals surface area contributed by atoms with Crippen molar-refractivity contribution in [1.82, 2.24) is 24.4 Å². The van der Waals surface area contributed by atoms with E-state index in [2.05, 4.69) is 25.1 Å². The number of hydrogen-bond acceptors (Lipinski definition) is 4. The average Bonchev–Trinajstić information content (AvgIpc) is 3.24. The van der Waals surface area contributed by atoms with Gasteiger partial charge in [-0.15, -0.1) is 24.0 Å². The number of benzene rings is 1. The van der Waals surface area contributed by atoms with E-state index in [-0.39, 0.29) is 24.0 Å². The second-order valence-corrected chi connectivity index (χ2v) is 8.99. The van der Waals surface area contributed by atoms with Gasteiger partial charge in [0.25, 0.3) is 0 Å². The molecule has 1 saturated heterocycles. The number of nitrogens with zero attached hydrogens (tertiary/aromatic N) is 4. The van der Waals surface area contributed by atoms with Crippen molar-refractivity contribution < 1.29 is 8.42 Å². The molecule has 0 unspecified atom stereocenters. The summed E-state index contributed by atoms with van der Waals surface area (Å²) in [5, 5.41) is 6.48. The maximum Gasteiger partial charge on any atom is 0.243 e. The van der Waals surface area contributed by atoms with Gasteiger partial charge in [-0.3, -0.25) is 4.99 Å². The maximum atomic E-state index is 13.2. The number of halogens is 1. The molecule has 1 aliphatic rings. The van der Waals surface area contributed by atoms with E-state index in [1.165, 1.54) is 0 Å². The van der Waals surface area contributed by atoms with Crippen LogP contribution in [0.4, 0.5) is 0 Å². The number of aliphatic imine (C=N–C) groups is 1. The molecular formula is C20H31IN6O2S. The fourth-order valence-corrected chi connectivity index (χ4v) is 4.94. The summed E-state index contributed by atoms with van der Waals surface area (Å²) < 4.78 is 30.0. The van der Waals surface area contributed by atoms with Crippen LogP contribution in [0.5, 0.6) is 0 Å². The van der Waals surface area contributed by atoms with Gasteiger partial charge in [0.1, 0.15) is 0 Å². The Balaban J connectivity index is 0.00000320. The summed E-state index contributed by atoms with van der Waals surface area (Å²) in [6.45, 7) is 4.45. The Bertz CT molecular complexity index is 909. The number of rotatable bonds is 7. The van der Waals surface area contributed by atoms with Crippen LogP contribution in [0.3, 0.4) is 0 Å². The van der Waals surface area contributed by atoms with Gasteiger partial charge < -0.3 is 20.1 Å². The molecule has 10 heteroatoms. The number of guanidine groups is 1. The molecule has 0 spiro atoms. The number of sulfonamides is 1. The highest BCUT2D eigenvalue weighted by Gasteiger charge is 2.29. The Morgan fingerprint density at radius 3 is 2.37 bits per heavy atom. The Morgan fingerprint density at radius 1 is 1.03 bits per heavy atom. The lowest BCUT2D eigenvalue weighted by molar-refractivity contribution is 0.222. The van der Waals surface area contributed by atoms with Crippen molar-refractivity contribution in [1.29, 1.82) is 0 Å². The van der Waals surface area contributed by atoms with E-state index in [0.29, 0.717) is 30.5 Å². The minimum absolute atomic E-state index is 0. The number of piperazine rings is 1. The van der Waals surface area contributed by atoms with Crippen molar-refractivity contribution in [2.75, 3.05) is 46.8 Å². The van der Waals surface area contributed by atoms with E-state index >= 15 is 0 Å². The number of likely N-dealkylation sites (N-methyl/N-ethyl adjacent to an activating group) is 1. The number of hydrogen-bond donors (Lipinski definition) is 2. The van der Waals surface area contributed by atoms with Crippen LogP contribution in [0.1, 0.15) is 5.56 Å². The second kappa shape index (κ2) is 11.7. The topological polar surface area (TPSA) is 82.0 Å². The van der Waals surface area contributed by atoms with Crippen LogP contribution in [-0.4, -0.2) is 75.0 Å².